The number of alkyl halides is 3. The van der Waals surface area contributed by atoms with Crippen molar-refractivity contribution in [3.05, 3.63) is 71.9 Å². The number of hydrogen-bond donors (Lipinski definition) is 3. The smallest absolute Gasteiger partial charge is 0.338 e. The molecule has 29 heavy (non-hydrogen) atoms. The molecule has 10 heteroatoms. The van der Waals surface area contributed by atoms with Crippen LogP contribution in [-0.4, -0.2) is 15.2 Å². The third-order valence-electron chi connectivity index (χ3n) is 4.34. The predicted octanol–water partition coefficient (Wildman–Crippen LogP) is 4.90. The normalized spacial score (nSPS) is 12.1. The SMILES string of the molecule is N=C(N=NN)c1ccc2c(c1)nc(Nc1cccc(C(F)(F)F)c1)c1cccn12. The quantitative estimate of drug-likeness (QED) is 0.151. The Balaban J connectivity index is 1.83. The lowest BCUT2D eigenvalue weighted by Crippen LogP contribution is -2.06. The van der Waals surface area contributed by atoms with Crippen LogP contribution in [0, 0.1) is 5.41 Å². The molecule has 0 aliphatic rings. The first-order chi connectivity index (χ1) is 13.9. The van der Waals surface area contributed by atoms with Crippen LogP contribution < -0.4 is 11.2 Å². The Kier molecular flexibility index (Phi) is 4.38. The van der Waals surface area contributed by atoms with Crippen molar-refractivity contribution in [2.45, 2.75) is 6.18 Å². The summed E-state index contributed by atoms with van der Waals surface area (Å²) in [5.41, 5.74) is 1.95. The maximum absolute atomic E-state index is 13.0. The van der Waals surface area contributed by atoms with Crippen molar-refractivity contribution in [1.82, 2.24) is 9.38 Å². The lowest BCUT2D eigenvalue weighted by Gasteiger charge is -2.13. The zero-order chi connectivity index (χ0) is 20.6. The minimum Gasteiger partial charge on any atom is -0.338 e. The van der Waals surface area contributed by atoms with Gasteiger partial charge in [-0.15, -0.1) is 5.11 Å². The van der Waals surface area contributed by atoms with Crippen molar-refractivity contribution in [3.63, 3.8) is 0 Å². The molecule has 4 N–H and O–H groups in total. The van der Waals surface area contributed by atoms with Crippen molar-refractivity contribution in [2.24, 2.45) is 16.2 Å². The van der Waals surface area contributed by atoms with Crippen LogP contribution in [0.4, 0.5) is 24.7 Å². The van der Waals surface area contributed by atoms with Crippen molar-refractivity contribution >= 4 is 33.9 Å². The summed E-state index contributed by atoms with van der Waals surface area (Å²) in [6.45, 7) is 0. The van der Waals surface area contributed by atoms with Gasteiger partial charge in [-0.25, -0.2) is 4.98 Å². The van der Waals surface area contributed by atoms with E-state index in [1.54, 1.807) is 24.3 Å². The number of nitrogens with two attached hydrogens (primary N) is 1. The molecule has 0 atom stereocenters. The summed E-state index contributed by atoms with van der Waals surface area (Å²) >= 11 is 0. The number of hydrogen-bond acceptors (Lipinski definition) is 4. The van der Waals surface area contributed by atoms with E-state index in [4.69, 9.17) is 11.3 Å². The highest BCUT2D eigenvalue weighted by atomic mass is 19.4. The molecule has 4 aromatic rings. The van der Waals surface area contributed by atoms with Gasteiger partial charge in [-0.3, -0.25) is 5.41 Å². The van der Waals surface area contributed by atoms with Crippen LogP contribution >= 0.6 is 0 Å². The van der Waals surface area contributed by atoms with E-state index in [0.717, 1.165) is 17.6 Å². The van der Waals surface area contributed by atoms with Crippen LogP contribution in [0.15, 0.2) is 71.1 Å². The van der Waals surface area contributed by atoms with Crippen LogP contribution in [0.2, 0.25) is 0 Å². The molecule has 0 radical (unpaired) electrons. The summed E-state index contributed by atoms with van der Waals surface area (Å²) in [5, 5.41) is 17.4. The number of rotatable bonds is 3. The third-order valence-corrected chi connectivity index (χ3v) is 4.34. The van der Waals surface area contributed by atoms with Gasteiger partial charge >= 0.3 is 6.18 Å². The zero-order valence-electron chi connectivity index (χ0n) is 14.8. The van der Waals surface area contributed by atoms with Gasteiger partial charge in [0.15, 0.2) is 11.7 Å². The second kappa shape index (κ2) is 6.89. The second-order valence-electron chi connectivity index (χ2n) is 6.19. The first-order valence-electron chi connectivity index (χ1n) is 8.42. The third kappa shape index (κ3) is 3.47. The maximum Gasteiger partial charge on any atom is 0.416 e. The summed E-state index contributed by atoms with van der Waals surface area (Å²) in [6.07, 6.45) is -2.62. The van der Waals surface area contributed by atoms with Gasteiger partial charge in [-0.2, -0.15) is 13.2 Å². The van der Waals surface area contributed by atoms with Crippen LogP contribution in [-0.2, 0) is 6.18 Å². The average molecular weight is 397 g/mol. The fraction of sp³-hybridized carbons (Fsp3) is 0.0526. The van der Waals surface area contributed by atoms with E-state index in [2.05, 4.69) is 20.6 Å². The molecule has 2 heterocycles. The summed E-state index contributed by atoms with van der Waals surface area (Å²) in [5.74, 6) is 5.25. The van der Waals surface area contributed by atoms with Crippen molar-refractivity contribution in [1.29, 1.82) is 5.41 Å². The number of amidine groups is 1. The van der Waals surface area contributed by atoms with Gasteiger partial charge in [0.1, 0.15) is 0 Å². The Hall–Kier alpha value is -3.95. The van der Waals surface area contributed by atoms with E-state index >= 15 is 0 Å². The molecule has 0 bridgehead atoms. The summed E-state index contributed by atoms with van der Waals surface area (Å²) in [4.78, 5) is 4.55. The first-order valence-corrected chi connectivity index (χ1v) is 8.42. The minimum atomic E-state index is -4.44. The number of halogens is 3. The Morgan fingerprint density at radius 1 is 1.07 bits per heavy atom. The van der Waals surface area contributed by atoms with E-state index < -0.39 is 11.7 Å². The van der Waals surface area contributed by atoms with Crippen LogP contribution in [0.1, 0.15) is 11.1 Å². The molecular formula is C19H14F3N7. The zero-order valence-corrected chi connectivity index (χ0v) is 14.8. The standard InChI is InChI=1S/C19H14F3N7/c20-19(21,22)12-3-1-4-13(10-12)25-18-16-5-2-8-29(16)15-7-6-11(9-14(15)26-18)17(23)27-28-24/h1-10H,(H,25,26)(H3,23,24,27). The lowest BCUT2D eigenvalue weighted by molar-refractivity contribution is -0.137. The van der Waals surface area contributed by atoms with Gasteiger partial charge in [0.25, 0.3) is 0 Å². The molecule has 0 saturated carbocycles. The Morgan fingerprint density at radius 2 is 1.90 bits per heavy atom. The maximum atomic E-state index is 13.0. The molecular weight excluding hydrogens is 383 g/mol. The Bertz CT molecular complexity index is 1260. The fourth-order valence-corrected chi connectivity index (χ4v) is 3.04. The second-order valence-corrected chi connectivity index (χ2v) is 6.19. The Morgan fingerprint density at radius 3 is 2.66 bits per heavy atom. The lowest BCUT2D eigenvalue weighted by atomic mass is 10.1. The number of anilines is 2. The molecule has 0 amide bonds. The average Bonchev–Trinajstić information content (AvgIpc) is 3.18. The molecule has 0 aliphatic heterocycles. The molecule has 0 saturated heterocycles. The predicted molar refractivity (Wildman–Crippen MR) is 103 cm³/mol. The fourth-order valence-electron chi connectivity index (χ4n) is 3.04. The van der Waals surface area contributed by atoms with Crippen LogP contribution in [0.3, 0.4) is 0 Å². The highest BCUT2D eigenvalue weighted by Gasteiger charge is 2.30. The summed E-state index contributed by atoms with van der Waals surface area (Å²) < 4.78 is 40.9. The molecule has 0 spiro atoms. The molecule has 2 aromatic carbocycles. The summed E-state index contributed by atoms with van der Waals surface area (Å²) in [6, 6.07) is 13.6. The number of aromatic nitrogens is 2. The molecule has 0 unspecified atom stereocenters. The molecule has 7 nitrogen and oxygen atoms in total. The molecule has 0 fully saturated rings. The minimum absolute atomic E-state index is 0.129. The first kappa shape index (κ1) is 18.4. The van der Waals surface area contributed by atoms with Gasteiger partial charge in [0.05, 0.1) is 22.1 Å². The molecule has 2 aromatic heterocycles. The monoisotopic (exact) mass is 397 g/mol. The van der Waals surface area contributed by atoms with Crippen LogP contribution in [0.5, 0.6) is 0 Å². The van der Waals surface area contributed by atoms with Gasteiger partial charge in [-0.1, -0.05) is 11.3 Å². The van der Waals surface area contributed by atoms with E-state index in [-0.39, 0.29) is 11.5 Å². The van der Waals surface area contributed by atoms with E-state index in [0.29, 0.717) is 22.4 Å². The van der Waals surface area contributed by atoms with Gasteiger partial charge in [0.2, 0.25) is 0 Å². The van der Waals surface area contributed by atoms with Crippen LogP contribution in [0.25, 0.3) is 16.6 Å². The highest BCUT2D eigenvalue weighted by Crippen LogP contribution is 2.32. The van der Waals surface area contributed by atoms with Crippen molar-refractivity contribution in [3.8, 4) is 0 Å². The Labute approximate surface area is 162 Å². The van der Waals surface area contributed by atoms with Crippen molar-refractivity contribution < 1.29 is 13.2 Å². The largest absolute Gasteiger partial charge is 0.416 e. The van der Waals surface area contributed by atoms with E-state index in [9.17, 15) is 13.2 Å². The molecule has 4 rings (SSSR count). The van der Waals surface area contributed by atoms with E-state index in [1.807, 2.05) is 16.7 Å². The number of nitrogens with zero attached hydrogens (tertiary/aromatic N) is 4. The van der Waals surface area contributed by atoms with Gasteiger partial charge in [0, 0.05) is 17.4 Å². The molecule has 0 aliphatic carbocycles. The molecule has 146 valence electrons. The number of fused-ring (bicyclic) bond motifs is 3. The number of benzene rings is 2. The van der Waals surface area contributed by atoms with Gasteiger partial charge in [-0.05, 0) is 48.5 Å². The topological polar surface area (TPSA) is 104 Å². The summed E-state index contributed by atoms with van der Waals surface area (Å²) in [7, 11) is 0. The highest BCUT2D eigenvalue weighted by molar-refractivity contribution is 6.00. The van der Waals surface area contributed by atoms with Gasteiger partial charge < -0.3 is 15.6 Å². The van der Waals surface area contributed by atoms with Crippen molar-refractivity contribution in [2.75, 3.05) is 5.32 Å². The van der Waals surface area contributed by atoms with E-state index in [1.165, 1.54) is 12.1 Å². The number of nitrogens with one attached hydrogen (secondary N) is 2.